The second-order valence-electron chi connectivity index (χ2n) is 7.83. The molecule has 2 fully saturated rings. The van der Waals surface area contributed by atoms with Gasteiger partial charge in [0, 0.05) is 29.7 Å². The molecule has 0 bridgehead atoms. The van der Waals surface area contributed by atoms with Crippen molar-refractivity contribution in [1.82, 2.24) is 9.62 Å². The minimum atomic E-state index is -0.466. The van der Waals surface area contributed by atoms with Crippen molar-refractivity contribution in [2.75, 3.05) is 31.1 Å². The maximum absolute atomic E-state index is 11.9. The quantitative estimate of drug-likeness (QED) is 0.814. The largest absolute Gasteiger partial charge is 0.444 e. The summed E-state index contributed by atoms with van der Waals surface area (Å²) in [4.78, 5) is 26.3. The van der Waals surface area contributed by atoms with Crippen molar-refractivity contribution >= 4 is 29.5 Å². The van der Waals surface area contributed by atoms with Gasteiger partial charge in [-0.25, -0.2) is 9.10 Å². The molecule has 0 unspecified atom stereocenters. The van der Waals surface area contributed by atoms with Gasteiger partial charge in [0.2, 0.25) is 0 Å². The van der Waals surface area contributed by atoms with Gasteiger partial charge in [-0.1, -0.05) is 6.07 Å². The smallest absolute Gasteiger partial charge is 0.407 e. The first-order valence-electron chi connectivity index (χ1n) is 9.08. The van der Waals surface area contributed by atoms with Gasteiger partial charge >= 0.3 is 6.09 Å². The van der Waals surface area contributed by atoms with Gasteiger partial charge in [-0.05, 0) is 63.8 Å². The number of nitrogens with one attached hydrogen (secondary N) is 1. The van der Waals surface area contributed by atoms with Gasteiger partial charge in [-0.15, -0.1) is 0 Å². The molecule has 0 saturated carbocycles. The van der Waals surface area contributed by atoms with E-state index in [4.69, 9.17) is 4.74 Å². The number of ether oxygens (including phenoxy) is 1. The number of alkyl carbamates (subject to hydrolysis) is 1. The molecule has 3 rings (SSSR count). The van der Waals surface area contributed by atoms with Crippen LogP contribution in [0.15, 0.2) is 29.2 Å². The maximum atomic E-state index is 11.9. The van der Waals surface area contributed by atoms with Crippen LogP contribution in [0, 0.1) is 0 Å². The molecular weight excluding hydrogens is 350 g/mol. The number of hydrogen-bond donors (Lipinski definition) is 1. The van der Waals surface area contributed by atoms with E-state index in [-0.39, 0.29) is 12.1 Å². The molecule has 7 heteroatoms. The summed E-state index contributed by atoms with van der Waals surface area (Å²) in [5, 5.41) is 2.97. The van der Waals surface area contributed by atoms with Gasteiger partial charge in [-0.3, -0.25) is 4.79 Å². The lowest BCUT2D eigenvalue weighted by molar-refractivity contribution is -0.119. The number of hydrogen-bond acceptors (Lipinski definition) is 6. The van der Waals surface area contributed by atoms with Crippen molar-refractivity contribution in [3.8, 4) is 0 Å². The van der Waals surface area contributed by atoms with Crippen LogP contribution < -0.4 is 10.2 Å². The Balaban J connectivity index is 1.45. The summed E-state index contributed by atoms with van der Waals surface area (Å²) in [7, 11) is 0. The maximum Gasteiger partial charge on any atom is 0.407 e. The average molecular weight is 378 g/mol. The first-order valence-corrected chi connectivity index (χ1v) is 9.85. The fourth-order valence-electron chi connectivity index (χ4n) is 3.01. The van der Waals surface area contributed by atoms with E-state index in [0.29, 0.717) is 18.9 Å². The number of carbonyl (C=O) groups excluding carboxylic acids is 2. The molecule has 0 radical (unpaired) electrons. The molecule has 26 heavy (non-hydrogen) atoms. The van der Waals surface area contributed by atoms with Crippen molar-refractivity contribution in [2.24, 2.45) is 0 Å². The standard InChI is InChI=1S/C19H27N3O3S/c1-19(2,3)25-18(24)20-14-7-9-22(10-8-14)26-17-6-4-5-15(11-17)21-12-16(23)13-21/h4-6,11,14H,7-10,12-13H2,1-3H3,(H,20,24). The summed E-state index contributed by atoms with van der Waals surface area (Å²) >= 11 is 1.74. The average Bonchev–Trinajstić information content (AvgIpc) is 2.52. The highest BCUT2D eigenvalue weighted by molar-refractivity contribution is 7.97. The summed E-state index contributed by atoms with van der Waals surface area (Å²) in [6.07, 6.45) is 1.49. The predicted molar refractivity (Wildman–Crippen MR) is 103 cm³/mol. The monoisotopic (exact) mass is 377 g/mol. The number of anilines is 1. The van der Waals surface area contributed by atoms with Crippen molar-refractivity contribution in [1.29, 1.82) is 0 Å². The van der Waals surface area contributed by atoms with E-state index < -0.39 is 5.60 Å². The third kappa shape index (κ3) is 5.38. The van der Waals surface area contributed by atoms with Gasteiger partial charge in [-0.2, -0.15) is 0 Å². The number of Topliss-reactive ketones (excluding diaryl/α,β-unsaturated/α-hetero) is 1. The molecular formula is C19H27N3O3S. The van der Waals surface area contributed by atoms with Crippen molar-refractivity contribution in [2.45, 2.75) is 50.2 Å². The molecule has 1 N–H and O–H groups in total. The molecule has 1 aromatic rings. The zero-order chi connectivity index (χ0) is 18.7. The van der Waals surface area contributed by atoms with E-state index in [2.05, 4.69) is 26.7 Å². The fourth-order valence-corrected chi connectivity index (χ4v) is 4.02. The van der Waals surface area contributed by atoms with E-state index in [9.17, 15) is 9.59 Å². The van der Waals surface area contributed by atoms with E-state index in [1.165, 1.54) is 4.90 Å². The highest BCUT2D eigenvalue weighted by Gasteiger charge is 2.25. The van der Waals surface area contributed by atoms with Crippen LogP contribution in [-0.2, 0) is 9.53 Å². The van der Waals surface area contributed by atoms with Gasteiger partial charge in [0.1, 0.15) is 5.60 Å². The fraction of sp³-hybridized carbons (Fsp3) is 0.579. The molecule has 2 saturated heterocycles. The van der Waals surface area contributed by atoms with Gasteiger partial charge in [0.05, 0.1) is 13.1 Å². The van der Waals surface area contributed by atoms with Crippen LogP contribution in [0.1, 0.15) is 33.6 Å². The number of piperidine rings is 1. The van der Waals surface area contributed by atoms with Crippen LogP contribution in [0.3, 0.4) is 0 Å². The minimum Gasteiger partial charge on any atom is -0.444 e. The lowest BCUT2D eigenvalue weighted by atomic mass is 10.1. The zero-order valence-electron chi connectivity index (χ0n) is 15.7. The first-order chi connectivity index (χ1) is 12.3. The zero-order valence-corrected chi connectivity index (χ0v) is 16.5. The molecule has 1 amide bonds. The highest BCUT2D eigenvalue weighted by atomic mass is 32.2. The molecule has 2 aliphatic rings. The Labute approximate surface area is 159 Å². The molecule has 2 aliphatic heterocycles. The number of ketones is 1. The molecule has 2 heterocycles. The van der Waals surface area contributed by atoms with E-state index in [0.717, 1.165) is 31.6 Å². The molecule has 142 valence electrons. The Morgan fingerprint density at radius 1 is 1.23 bits per heavy atom. The Kier molecular flexibility index (Phi) is 5.77. The Bertz CT molecular complexity index is 658. The van der Waals surface area contributed by atoms with Crippen LogP contribution in [0.4, 0.5) is 10.5 Å². The molecule has 0 atom stereocenters. The van der Waals surface area contributed by atoms with Crippen LogP contribution in [0.25, 0.3) is 0 Å². The normalized spacial score (nSPS) is 19.2. The van der Waals surface area contributed by atoms with Crippen LogP contribution in [0.2, 0.25) is 0 Å². The summed E-state index contributed by atoms with van der Waals surface area (Å²) in [5.74, 6) is 0.294. The molecule has 6 nitrogen and oxygen atoms in total. The Hall–Kier alpha value is -1.73. The number of benzene rings is 1. The van der Waals surface area contributed by atoms with E-state index in [1.54, 1.807) is 11.9 Å². The van der Waals surface area contributed by atoms with E-state index >= 15 is 0 Å². The summed E-state index contributed by atoms with van der Waals surface area (Å²) in [6.45, 7) is 8.49. The van der Waals surface area contributed by atoms with Crippen molar-refractivity contribution in [3.05, 3.63) is 24.3 Å². The summed E-state index contributed by atoms with van der Waals surface area (Å²) in [6, 6.07) is 8.49. The Morgan fingerprint density at radius 2 is 1.92 bits per heavy atom. The summed E-state index contributed by atoms with van der Waals surface area (Å²) < 4.78 is 7.65. The van der Waals surface area contributed by atoms with Gasteiger partial charge in [0.25, 0.3) is 0 Å². The molecule has 0 aromatic heterocycles. The molecule has 0 spiro atoms. The SMILES string of the molecule is CC(C)(C)OC(=O)NC1CCN(Sc2cccc(N3CC(=O)C3)c2)CC1. The predicted octanol–water partition coefficient (Wildman–Crippen LogP) is 3.07. The number of nitrogens with zero attached hydrogens (tertiary/aromatic N) is 2. The molecule has 1 aromatic carbocycles. The number of amides is 1. The third-order valence-corrected chi connectivity index (χ3v) is 5.41. The summed E-state index contributed by atoms with van der Waals surface area (Å²) in [5.41, 5.74) is 0.642. The third-order valence-electron chi connectivity index (χ3n) is 4.33. The van der Waals surface area contributed by atoms with Crippen molar-refractivity contribution < 1.29 is 14.3 Å². The second kappa shape index (κ2) is 7.88. The first kappa shape index (κ1) is 19.0. The van der Waals surface area contributed by atoms with Crippen LogP contribution in [0.5, 0.6) is 0 Å². The Morgan fingerprint density at radius 3 is 2.54 bits per heavy atom. The van der Waals surface area contributed by atoms with E-state index in [1.807, 2.05) is 32.9 Å². The minimum absolute atomic E-state index is 0.167. The van der Waals surface area contributed by atoms with Gasteiger partial charge < -0.3 is 15.0 Å². The van der Waals surface area contributed by atoms with Crippen LogP contribution in [-0.4, -0.2) is 54.0 Å². The lowest BCUT2D eigenvalue weighted by Crippen LogP contribution is -2.47. The van der Waals surface area contributed by atoms with Gasteiger partial charge in [0.15, 0.2) is 5.78 Å². The second-order valence-corrected chi connectivity index (χ2v) is 9.00. The molecule has 0 aliphatic carbocycles. The topological polar surface area (TPSA) is 61.9 Å². The lowest BCUT2D eigenvalue weighted by Gasteiger charge is -2.33. The number of carbonyl (C=O) groups is 2. The highest BCUT2D eigenvalue weighted by Crippen LogP contribution is 2.30. The number of rotatable bonds is 4. The van der Waals surface area contributed by atoms with Crippen molar-refractivity contribution in [3.63, 3.8) is 0 Å². The van der Waals surface area contributed by atoms with Crippen LogP contribution >= 0.6 is 11.9 Å².